The number of rotatable bonds is 36. The molecule has 0 spiro atoms. The Balaban J connectivity index is 3.33. The molecule has 20 N–H and O–H groups in total. The fourth-order valence-corrected chi connectivity index (χ4v) is 7.13. The average molecular weight is 1070 g/mol. The summed E-state index contributed by atoms with van der Waals surface area (Å²) in [5, 5.41) is 58.1. The Bertz CT molecular complexity index is 2100. The van der Waals surface area contributed by atoms with Gasteiger partial charge < -0.3 is 85.9 Å². The van der Waals surface area contributed by atoms with Crippen LogP contribution in [-0.4, -0.2) is 171 Å². The van der Waals surface area contributed by atoms with Crippen LogP contribution in [-0.2, 0) is 64.0 Å². The first-order valence-electron chi connectivity index (χ1n) is 23.6. The molecule has 0 heterocycles. The van der Waals surface area contributed by atoms with Gasteiger partial charge in [-0.1, -0.05) is 44.2 Å². The number of nitrogens with two attached hydrogens (primary N) is 4. The number of aliphatic hydroxyl groups is 2. The van der Waals surface area contributed by atoms with E-state index >= 15 is 0 Å². The Morgan fingerprint density at radius 2 is 1.00 bits per heavy atom. The predicted octanol–water partition coefficient (Wildman–Crippen LogP) is -6.00. The summed E-state index contributed by atoms with van der Waals surface area (Å²) in [5.74, 6) is -14.1. The maximum absolute atomic E-state index is 13.8. The Hall–Kier alpha value is -6.95. The second kappa shape index (κ2) is 33.7. The van der Waals surface area contributed by atoms with E-state index in [0.29, 0.717) is 31.4 Å². The molecule has 1 rings (SSSR count). The number of carbonyl (C=O) groups excluding carboxylic acids is 10. The minimum Gasteiger partial charge on any atom is -0.481 e. The van der Waals surface area contributed by atoms with E-state index in [0.717, 1.165) is 6.92 Å². The van der Waals surface area contributed by atoms with Gasteiger partial charge in [-0.2, -0.15) is 12.6 Å². The Kier molecular flexibility index (Phi) is 29.6. The van der Waals surface area contributed by atoms with Gasteiger partial charge in [0.15, 0.2) is 0 Å². The third-order valence-corrected chi connectivity index (χ3v) is 11.2. The van der Waals surface area contributed by atoms with Gasteiger partial charge in [-0.05, 0) is 63.5 Å². The SMILES string of the molecule is CC(C)C[C@H](N)C(=O)N[C@@H](CCCCN)C(=O)N[C@@H](CS)C(=O)N[C@@H](CCC(N)=O)C(=O)N[C@H](C(=O)N[C@@H](CCC(N)=O)C(=O)N[C@@H](CO)C(=O)N[C@@H](CC(=O)O)C(=O)N[C@@H](Cc1ccccc1)C(=O)O)[C@@H](C)O. The second-order valence-corrected chi connectivity index (χ2v) is 18.0. The zero-order chi connectivity index (χ0) is 56.2. The monoisotopic (exact) mass is 1070 g/mol. The number of carbonyl (C=O) groups is 12. The molecule has 0 radical (unpaired) electrons. The fraction of sp³-hybridized carbons (Fsp3) is 0.600. The third kappa shape index (κ3) is 24.6. The maximum Gasteiger partial charge on any atom is 0.326 e. The van der Waals surface area contributed by atoms with Crippen molar-refractivity contribution in [3.63, 3.8) is 0 Å². The number of hydrogen-bond donors (Lipinski definition) is 17. The van der Waals surface area contributed by atoms with Gasteiger partial charge in [-0.25, -0.2) is 4.79 Å². The van der Waals surface area contributed by atoms with Gasteiger partial charge in [0.05, 0.1) is 25.2 Å². The minimum absolute atomic E-state index is 0.0569. The molecule has 0 aliphatic heterocycles. The first kappa shape index (κ1) is 65.1. The smallest absolute Gasteiger partial charge is 0.326 e. The van der Waals surface area contributed by atoms with Crippen molar-refractivity contribution >= 4 is 83.6 Å². The molecule has 29 heteroatoms. The summed E-state index contributed by atoms with van der Waals surface area (Å²) in [6, 6.07) is -6.55. The van der Waals surface area contributed by atoms with Crippen LogP contribution >= 0.6 is 12.6 Å². The largest absolute Gasteiger partial charge is 0.481 e. The Labute approximate surface area is 432 Å². The number of aliphatic hydroxyl groups excluding tert-OH is 2. The number of hydrogen-bond acceptors (Lipinski definition) is 17. The van der Waals surface area contributed by atoms with Gasteiger partial charge in [-0.15, -0.1) is 0 Å². The first-order valence-corrected chi connectivity index (χ1v) is 24.2. The van der Waals surface area contributed by atoms with Crippen molar-refractivity contribution in [2.24, 2.45) is 28.9 Å². The number of carboxylic acid groups (broad SMARTS) is 2. The molecule has 414 valence electrons. The first-order chi connectivity index (χ1) is 34.7. The highest BCUT2D eigenvalue weighted by Crippen LogP contribution is 2.10. The van der Waals surface area contributed by atoms with E-state index in [1.54, 1.807) is 30.3 Å². The number of nitrogens with one attached hydrogen (secondary N) is 8. The molecule has 10 atom stereocenters. The molecule has 0 unspecified atom stereocenters. The molecule has 1 aromatic rings. The summed E-state index contributed by atoms with van der Waals surface area (Å²) in [5.41, 5.74) is 22.7. The number of carboxylic acids is 2. The van der Waals surface area contributed by atoms with E-state index < -0.39 is 170 Å². The molecule has 0 saturated heterocycles. The molecular weight excluding hydrogens is 997 g/mol. The summed E-state index contributed by atoms with van der Waals surface area (Å²) >= 11 is 4.16. The van der Waals surface area contributed by atoms with Crippen LogP contribution in [0.15, 0.2) is 30.3 Å². The van der Waals surface area contributed by atoms with Crippen molar-refractivity contribution in [1.82, 2.24) is 42.5 Å². The van der Waals surface area contributed by atoms with Crippen molar-refractivity contribution < 1.29 is 78.0 Å². The fourth-order valence-electron chi connectivity index (χ4n) is 6.87. The van der Waals surface area contributed by atoms with Crippen LogP contribution in [0, 0.1) is 5.92 Å². The highest BCUT2D eigenvalue weighted by molar-refractivity contribution is 7.80. The van der Waals surface area contributed by atoms with E-state index in [4.69, 9.17) is 22.9 Å². The minimum atomic E-state index is -1.99. The van der Waals surface area contributed by atoms with Gasteiger partial charge in [0.1, 0.15) is 48.3 Å². The summed E-state index contributed by atoms with van der Waals surface area (Å²) < 4.78 is 0. The number of benzene rings is 1. The topological polar surface area (TPSA) is 486 Å². The molecule has 0 saturated carbocycles. The van der Waals surface area contributed by atoms with Crippen LogP contribution in [0.2, 0.25) is 0 Å². The van der Waals surface area contributed by atoms with Gasteiger partial charge >= 0.3 is 11.9 Å². The zero-order valence-corrected chi connectivity index (χ0v) is 42.3. The molecule has 0 aliphatic carbocycles. The number of thiol groups is 1. The van der Waals surface area contributed by atoms with Crippen LogP contribution in [0.3, 0.4) is 0 Å². The molecular formula is C45H72N12O16S. The predicted molar refractivity (Wildman–Crippen MR) is 265 cm³/mol. The molecule has 28 nitrogen and oxygen atoms in total. The molecule has 0 fully saturated rings. The molecule has 1 aromatic carbocycles. The Morgan fingerprint density at radius 1 is 0.568 bits per heavy atom. The summed E-state index contributed by atoms with van der Waals surface area (Å²) in [4.78, 5) is 155. The van der Waals surface area contributed by atoms with E-state index in [1.807, 2.05) is 19.2 Å². The van der Waals surface area contributed by atoms with Crippen molar-refractivity contribution in [1.29, 1.82) is 0 Å². The van der Waals surface area contributed by atoms with Gasteiger partial charge in [0, 0.05) is 25.0 Å². The van der Waals surface area contributed by atoms with E-state index in [-0.39, 0.29) is 24.5 Å². The lowest BCUT2D eigenvalue weighted by Crippen LogP contribution is -2.62. The van der Waals surface area contributed by atoms with E-state index in [2.05, 4.69) is 49.8 Å². The lowest BCUT2D eigenvalue weighted by Gasteiger charge is -2.28. The van der Waals surface area contributed by atoms with Crippen LogP contribution in [0.25, 0.3) is 0 Å². The van der Waals surface area contributed by atoms with E-state index in [9.17, 15) is 78.0 Å². The summed E-state index contributed by atoms with van der Waals surface area (Å²) in [7, 11) is 0. The normalized spacial score (nSPS) is 15.1. The second-order valence-electron chi connectivity index (χ2n) is 17.7. The van der Waals surface area contributed by atoms with Crippen LogP contribution < -0.4 is 65.5 Å². The Morgan fingerprint density at radius 3 is 1.47 bits per heavy atom. The van der Waals surface area contributed by atoms with Crippen molar-refractivity contribution in [3.05, 3.63) is 35.9 Å². The maximum atomic E-state index is 13.8. The molecule has 10 amide bonds. The number of primary amides is 2. The highest BCUT2D eigenvalue weighted by Gasteiger charge is 2.36. The lowest BCUT2D eigenvalue weighted by atomic mass is 10.0. The standard InChI is InChI=1S/C45H72N12O16S/c1-22(2)17-25(47)37(64)50-26(11-7-8-16-46)38(65)56-32(21-74)43(70)51-28(13-15-34(49)61)40(67)57-36(23(3)59)44(71)52-27(12-14-33(48)60)39(66)55-31(20-58)42(69)53-29(19-35(62)63)41(68)54-30(45(72)73)18-24-9-5-4-6-10-24/h4-6,9-10,22-23,25-32,36,58-59,74H,7-8,11-21,46-47H2,1-3H3,(H2,48,60)(H2,49,61)(H,50,64)(H,51,70)(H,52,71)(H,53,69)(H,54,68)(H,55,66)(H,56,65)(H,57,67)(H,62,63)(H,72,73)/t23-,25+,26+,27+,28+,29+,30+,31+,32+,36+/m1/s1. The molecule has 0 aromatic heterocycles. The highest BCUT2D eigenvalue weighted by atomic mass is 32.1. The van der Waals surface area contributed by atoms with Gasteiger partial charge in [0.2, 0.25) is 59.1 Å². The van der Waals surface area contributed by atoms with E-state index in [1.165, 1.54) is 0 Å². The molecule has 74 heavy (non-hydrogen) atoms. The summed E-state index contributed by atoms with van der Waals surface area (Å²) in [6.45, 7) is 3.84. The number of aliphatic carboxylic acids is 2. The van der Waals surface area contributed by atoms with Crippen molar-refractivity contribution in [2.75, 3.05) is 18.9 Å². The van der Waals surface area contributed by atoms with Gasteiger partial charge in [0.25, 0.3) is 0 Å². The van der Waals surface area contributed by atoms with Crippen molar-refractivity contribution in [3.8, 4) is 0 Å². The summed E-state index contributed by atoms with van der Waals surface area (Å²) in [6.07, 6.45) is -3.95. The third-order valence-electron chi connectivity index (χ3n) is 10.9. The molecule has 0 aliphatic rings. The van der Waals surface area contributed by atoms with Gasteiger partial charge in [-0.3, -0.25) is 52.7 Å². The quantitative estimate of drug-likeness (QED) is 0.0220. The average Bonchev–Trinajstić information content (AvgIpc) is 3.32. The number of amides is 10. The lowest BCUT2D eigenvalue weighted by molar-refractivity contribution is -0.143. The number of unbranched alkanes of at least 4 members (excludes halogenated alkanes) is 1. The van der Waals surface area contributed by atoms with Crippen LogP contribution in [0.5, 0.6) is 0 Å². The van der Waals surface area contributed by atoms with Crippen molar-refractivity contribution in [2.45, 2.75) is 145 Å². The van der Waals surface area contributed by atoms with Crippen LogP contribution in [0.1, 0.15) is 84.1 Å². The van der Waals surface area contributed by atoms with Crippen LogP contribution in [0.4, 0.5) is 0 Å². The molecule has 0 bridgehead atoms. The zero-order valence-electron chi connectivity index (χ0n) is 41.4.